The van der Waals surface area contributed by atoms with E-state index in [2.05, 4.69) is 59.9 Å². The van der Waals surface area contributed by atoms with Crippen LogP contribution in [0.5, 0.6) is 5.75 Å². The van der Waals surface area contributed by atoms with E-state index in [1.165, 1.54) is 5.57 Å². The van der Waals surface area contributed by atoms with E-state index in [-0.39, 0.29) is 0 Å². The summed E-state index contributed by atoms with van der Waals surface area (Å²) in [6, 6.07) is 10.2. The molecule has 30 heavy (non-hydrogen) atoms. The number of ether oxygens (including phenoxy) is 1. The molecule has 0 bridgehead atoms. The van der Waals surface area contributed by atoms with Crippen LogP contribution in [0.15, 0.2) is 60.3 Å². The minimum atomic E-state index is 0.456. The van der Waals surface area contributed by atoms with Crippen molar-refractivity contribution in [1.82, 2.24) is 19.7 Å². The van der Waals surface area contributed by atoms with E-state index < -0.39 is 0 Å². The number of fused-ring (bicyclic) bond motifs is 1. The number of hydrogen-bond donors (Lipinski definition) is 0. The maximum absolute atomic E-state index is 5.68. The van der Waals surface area contributed by atoms with E-state index in [4.69, 9.17) is 14.8 Å². The quantitative estimate of drug-likeness (QED) is 0.519. The van der Waals surface area contributed by atoms with Gasteiger partial charge in [-0.2, -0.15) is 5.10 Å². The fourth-order valence-corrected chi connectivity index (χ4v) is 4.09. The number of allylic oxidation sites excluding steroid dienone is 4. The zero-order chi connectivity index (χ0) is 21.1. The minimum absolute atomic E-state index is 0.456. The molecule has 154 valence electrons. The highest BCUT2D eigenvalue weighted by Gasteiger charge is 2.27. The van der Waals surface area contributed by atoms with Gasteiger partial charge in [0.1, 0.15) is 11.6 Å². The largest absolute Gasteiger partial charge is 0.496 e. The molecule has 0 amide bonds. The molecule has 0 spiro atoms. The Balaban J connectivity index is 1.60. The van der Waals surface area contributed by atoms with Gasteiger partial charge in [-0.15, -0.1) is 0 Å². The van der Waals surface area contributed by atoms with E-state index >= 15 is 0 Å². The molecule has 4 rings (SSSR count). The predicted molar refractivity (Wildman–Crippen MR) is 120 cm³/mol. The predicted octanol–water partition coefficient (Wildman–Crippen LogP) is 5.41. The Labute approximate surface area is 178 Å². The Morgan fingerprint density at radius 3 is 2.80 bits per heavy atom. The van der Waals surface area contributed by atoms with Crippen LogP contribution in [0.25, 0.3) is 22.5 Å². The average molecular weight is 401 g/mol. The van der Waals surface area contributed by atoms with Gasteiger partial charge in [0.05, 0.1) is 13.7 Å². The van der Waals surface area contributed by atoms with Crippen LogP contribution in [0, 0.1) is 12.8 Å². The van der Waals surface area contributed by atoms with E-state index in [0.717, 1.165) is 59.2 Å². The van der Waals surface area contributed by atoms with E-state index in [9.17, 15) is 0 Å². The van der Waals surface area contributed by atoms with Crippen molar-refractivity contribution in [3.63, 3.8) is 0 Å². The SMILES string of the molecule is C/C=C\C(=C/CC)C1Cc2nc(-c3ccc(-c4ccnc(C)c4)c(OC)c3)nn2C1. The van der Waals surface area contributed by atoms with Crippen molar-refractivity contribution in [2.75, 3.05) is 7.11 Å². The number of aryl methyl sites for hydroxylation is 1. The highest BCUT2D eigenvalue weighted by Crippen LogP contribution is 2.34. The fourth-order valence-electron chi connectivity index (χ4n) is 4.09. The Hall–Kier alpha value is -3.21. The molecule has 5 nitrogen and oxygen atoms in total. The molecular formula is C25H28N4O. The number of nitrogens with zero attached hydrogens (tertiary/aromatic N) is 4. The zero-order valence-electron chi connectivity index (χ0n) is 18.1. The third-order valence-electron chi connectivity index (χ3n) is 5.51. The second kappa shape index (κ2) is 8.66. The summed E-state index contributed by atoms with van der Waals surface area (Å²) in [5.41, 5.74) is 5.47. The monoisotopic (exact) mass is 400 g/mol. The van der Waals surface area contributed by atoms with Crippen LogP contribution in [0.4, 0.5) is 0 Å². The van der Waals surface area contributed by atoms with Gasteiger partial charge in [0, 0.05) is 35.4 Å². The summed E-state index contributed by atoms with van der Waals surface area (Å²) in [5, 5.41) is 4.79. The van der Waals surface area contributed by atoms with E-state index in [0.29, 0.717) is 5.92 Å². The lowest BCUT2D eigenvalue weighted by molar-refractivity contribution is 0.416. The summed E-state index contributed by atoms with van der Waals surface area (Å²) < 4.78 is 7.74. The van der Waals surface area contributed by atoms with Crippen LogP contribution >= 0.6 is 0 Å². The lowest BCUT2D eigenvalue weighted by Crippen LogP contribution is -2.06. The first-order valence-corrected chi connectivity index (χ1v) is 10.5. The molecule has 3 aromatic rings. The first-order chi connectivity index (χ1) is 14.6. The maximum Gasteiger partial charge on any atom is 0.181 e. The Morgan fingerprint density at radius 2 is 2.10 bits per heavy atom. The number of hydrogen-bond acceptors (Lipinski definition) is 4. The standard InChI is InChI=1S/C25H28N4O/c1-5-7-18(8-6-2)21-15-24-27-25(28-29(24)16-21)20-9-10-22(23(14-20)30-4)19-11-12-26-17(3)13-19/h5,7-14,21H,6,15-16H2,1-4H3/b7-5-,18-8+. The number of pyridine rings is 1. The Bertz CT molecular complexity index is 1090. The molecule has 0 saturated carbocycles. The van der Waals surface area contributed by atoms with Gasteiger partial charge in [-0.1, -0.05) is 31.2 Å². The van der Waals surface area contributed by atoms with Gasteiger partial charge >= 0.3 is 0 Å². The van der Waals surface area contributed by atoms with Gasteiger partial charge in [0.2, 0.25) is 0 Å². The summed E-state index contributed by atoms with van der Waals surface area (Å²) >= 11 is 0. The number of aromatic nitrogens is 4. The molecule has 0 radical (unpaired) electrons. The molecular weight excluding hydrogens is 372 g/mol. The smallest absolute Gasteiger partial charge is 0.181 e. The van der Waals surface area contributed by atoms with Crippen LogP contribution in [-0.4, -0.2) is 26.9 Å². The molecule has 5 heteroatoms. The molecule has 3 heterocycles. The summed E-state index contributed by atoms with van der Waals surface area (Å²) in [4.78, 5) is 9.12. The summed E-state index contributed by atoms with van der Waals surface area (Å²) in [5.74, 6) is 3.07. The fraction of sp³-hybridized carbons (Fsp3) is 0.320. The molecule has 0 N–H and O–H groups in total. The van der Waals surface area contributed by atoms with Crippen molar-refractivity contribution >= 4 is 0 Å². The summed E-state index contributed by atoms with van der Waals surface area (Å²) in [6.45, 7) is 7.12. The van der Waals surface area contributed by atoms with Gasteiger partial charge in [0.25, 0.3) is 0 Å². The van der Waals surface area contributed by atoms with Crippen LogP contribution in [0.3, 0.4) is 0 Å². The number of methoxy groups -OCH3 is 1. The molecule has 1 unspecified atom stereocenters. The van der Waals surface area contributed by atoms with Crippen LogP contribution in [-0.2, 0) is 13.0 Å². The zero-order valence-corrected chi connectivity index (χ0v) is 18.1. The molecule has 1 aliphatic rings. The van der Waals surface area contributed by atoms with Gasteiger partial charge in [-0.3, -0.25) is 4.98 Å². The van der Waals surface area contributed by atoms with Crippen molar-refractivity contribution in [1.29, 1.82) is 0 Å². The maximum atomic E-state index is 5.68. The molecule has 1 aromatic carbocycles. The molecule has 0 fully saturated rings. The molecule has 2 aromatic heterocycles. The van der Waals surface area contributed by atoms with Crippen molar-refractivity contribution in [3.05, 3.63) is 71.8 Å². The third-order valence-corrected chi connectivity index (χ3v) is 5.51. The summed E-state index contributed by atoms with van der Waals surface area (Å²) in [7, 11) is 1.70. The molecule has 0 aliphatic carbocycles. The van der Waals surface area contributed by atoms with Gasteiger partial charge in [-0.25, -0.2) is 9.67 Å². The van der Waals surface area contributed by atoms with Gasteiger partial charge in [-0.05, 0) is 55.7 Å². The normalized spacial score (nSPS) is 16.3. The van der Waals surface area contributed by atoms with Crippen molar-refractivity contribution < 1.29 is 4.74 Å². The topological polar surface area (TPSA) is 52.8 Å². The first-order valence-electron chi connectivity index (χ1n) is 10.5. The third kappa shape index (κ3) is 3.92. The Kier molecular flexibility index (Phi) is 5.79. The average Bonchev–Trinajstić information content (AvgIpc) is 3.32. The molecule has 1 aliphatic heterocycles. The van der Waals surface area contributed by atoms with Crippen LogP contribution < -0.4 is 4.74 Å². The van der Waals surface area contributed by atoms with Crippen LogP contribution in [0.2, 0.25) is 0 Å². The number of rotatable bonds is 6. The van der Waals surface area contributed by atoms with Crippen LogP contribution in [0.1, 0.15) is 31.8 Å². The lowest BCUT2D eigenvalue weighted by Gasteiger charge is -2.11. The highest BCUT2D eigenvalue weighted by atomic mass is 16.5. The number of benzene rings is 1. The molecule has 1 atom stereocenters. The lowest BCUT2D eigenvalue weighted by atomic mass is 9.96. The van der Waals surface area contributed by atoms with Crippen molar-refractivity contribution in [3.8, 4) is 28.3 Å². The van der Waals surface area contributed by atoms with Gasteiger partial charge in [0.15, 0.2) is 5.82 Å². The summed E-state index contributed by atoms with van der Waals surface area (Å²) in [6.07, 6.45) is 10.4. The molecule has 0 saturated heterocycles. The first kappa shape index (κ1) is 20.1. The minimum Gasteiger partial charge on any atom is -0.496 e. The van der Waals surface area contributed by atoms with Gasteiger partial charge < -0.3 is 4.74 Å². The second-order valence-electron chi connectivity index (χ2n) is 7.65. The highest BCUT2D eigenvalue weighted by molar-refractivity contribution is 5.74. The second-order valence-corrected chi connectivity index (χ2v) is 7.65. The van der Waals surface area contributed by atoms with E-state index in [1.807, 2.05) is 25.3 Å². The van der Waals surface area contributed by atoms with Crippen molar-refractivity contribution in [2.45, 2.75) is 40.2 Å². The Morgan fingerprint density at radius 1 is 1.23 bits per heavy atom. The van der Waals surface area contributed by atoms with Crippen molar-refractivity contribution in [2.24, 2.45) is 5.92 Å². The van der Waals surface area contributed by atoms with E-state index in [1.54, 1.807) is 7.11 Å².